The molecule has 1 amide bonds. The van der Waals surface area contributed by atoms with E-state index in [1.165, 1.54) is 25.9 Å². The fourth-order valence-corrected chi connectivity index (χ4v) is 3.70. The van der Waals surface area contributed by atoms with Gasteiger partial charge in [-0.25, -0.2) is 0 Å². The molecule has 1 saturated heterocycles. The summed E-state index contributed by atoms with van der Waals surface area (Å²) >= 11 is 0. The zero-order valence-electron chi connectivity index (χ0n) is 16.2. The minimum Gasteiger partial charge on any atom is -0.497 e. The minimum absolute atomic E-state index is 0.0346. The van der Waals surface area contributed by atoms with E-state index in [0.29, 0.717) is 6.42 Å². The molecule has 0 saturated carbocycles. The number of amides is 1. The van der Waals surface area contributed by atoms with Crippen LogP contribution in [-0.4, -0.2) is 47.3 Å². The van der Waals surface area contributed by atoms with Crippen LogP contribution < -0.4 is 10.1 Å². The smallest absolute Gasteiger partial charge is 0.228 e. The van der Waals surface area contributed by atoms with Gasteiger partial charge in [-0.05, 0) is 61.8 Å². The third kappa shape index (κ3) is 4.34. The lowest BCUT2D eigenvalue weighted by atomic mass is 10.1. The molecular formula is C22H26N4O2. The Morgan fingerprint density at radius 2 is 1.89 bits per heavy atom. The monoisotopic (exact) mass is 378 g/mol. The van der Waals surface area contributed by atoms with Crippen molar-refractivity contribution in [1.29, 1.82) is 0 Å². The molecule has 0 aliphatic carbocycles. The lowest BCUT2D eigenvalue weighted by Gasteiger charge is -2.14. The molecule has 1 aliphatic heterocycles. The third-order valence-corrected chi connectivity index (χ3v) is 5.28. The summed E-state index contributed by atoms with van der Waals surface area (Å²) in [5, 5.41) is 8.62. The van der Waals surface area contributed by atoms with Crippen LogP contribution >= 0.6 is 0 Å². The van der Waals surface area contributed by atoms with Gasteiger partial charge in [-0.3, -0.25) is 9.48 Å². The van der Waals surface area contributed by atoms with Gasteiger partial charge in [-0.1, -0.05) is 12.1 Å². The first-order valence-corrected chi connectivity index (χ1v) is 9.82. The average Bonchev–Trinajstić information content (AvgIpc) is 3.36. The van der Waals surface area contributed by atoms with Gasteiger partial charge in [0.1, 0.15) is 5.75 Å². The molecule has 1 N–H and O–H groups in total. The molecule has 6 heteroatoms. The number of rotatable bonds is 7. The molecule has 0 atom stereocenters. The summed E-state index contributed by atoms with van der Waals surface area (Å²) in [4.78, 5) is 14.9. The highest BCUT2D eigenvalue weighted by atomic mass is 16.5. The first-order valence-electron chi connectivity index (χ1n) is 9.82. The van der Waals surface area contributed by atoms with E-state index in [2.05, 4.69) is 15.3 Å². The molecule has 1 fully saturated rings. The van der Waals surface area contributed by atoms with Crippen LogP contribution in [0.3, 0.4) is 0 Å². The van der Waals surface area contributed by atoms with Crippen LogP contribution in [0.25, 0.3) is 10.9 Å². The van der Waals surface area contributed by atoms with E-state index in [0.717, 1.165) is 41.0 Å². The first-order chi connectivity index (χ1) is 13.7. The molecule has 28 heavy (non-hydrogen) atoms. The second-order valence-electron chi connectivity index (χ2n) is 7.26. The predicted octanol–water partition coefficient (Wildman–Crippen LogP) is 3.32. The topological polar surface area (TPSA) is 59.4 Å². The molecule has 1 aromatic heterocycles. The number of nitrogens with zero attached hydrogens (tertiary/aromatic N) is 3. The van der Waals surface area contributed by atoms with Crippen molar-refractivity contribution >= 4 is 22.5 Å². The minimum atomic E-state index is -0.0346. The summed E-state index contributed by atoms with van der Waals surface area (Å²) < 4.78 is 7.19. The second-order valence-corrected chi connectivity index (χ2v) is 7.26. The first kappa shape index (κ1) is 18.5. The predicted molar refractivity (Wildman–Crippen MR) is 111 cm³/mol. The van der Waals surface area contributed by atoms with Crippen molar-refractivity contribution in [1.82, 2.24) is 14.7 Å². The molecule has 2 heterocycles. The quantitative estimate of drug-likeness (QED) is 0.685. The van der Waals surface area contributed by atoms with Crippen LogP contribution in [0.2, 0.25) is 0 Å². The van der Waals surface area contributed by atoms with Crippen molar-refractivity contribution in [2.45, 2.75) is 25.8 Å². The Labute approximate surface area is 165 Å². The summed E-state index contributed by atoms with van der Waals surface area (Å²) in [5.41, 5.74) is 2.81. The number of methoxy groups -OCH3 is 1. The summed E-state index contributed by atoms with van der Waals surface area (Å²) in [6, 6.07) is 13.5. The van der Waals surface area contributed by atoms with Gasteiger partial charge in [0, 0.05) is 17.6 Å². The van der Waals surface area contributed by atoms with Gasteiger partial charge < -0.3 is 15.0 Å². The Morgan fingerprint density at radius 3 is 2.64 bits per heavy atom. The standard InChI is InChI=1S/C22H26N4O2/c1-28-20-8-4-17(5-9-20)14-22(27)24-19-7-6-18-16-23-26(21(18)15-19)13-12-25-10-2-3-11-25/h4-9,15-16H,2-3,10-14H2,1H3,(H,24,27). The zero-order valence-corrected chi connectivity index (χ0v) is 16.2. The number of benzene rings is 2. The number of anilines is 1. The van der Waals surface area contributed by atoms with Gasteiger partial charge in [0.15, 0.2) is 0 Å². The SMILES string of the molecule is COc1ccc(CC(=O)Nc2ccc3cnn(CCN4CCCC4)c3c2)cc1. The largest absolute Gasteiger partial charge is 0.497 e. The number of fused-ring (bicyclic) bond motifs is 1. The van der Waals surface area contributed by atoms with Crippen LogP contribution in [0.4, 0.5) is 5.69 Å². The van der Waals surface area contributed by atoms with Crippen LogP contribution in [0.15, 0.2) is 48.7 Å². The molecule has 0 bridgehead atoms. The van der Waals surface area contributed by atoms with Crippen molar-refractivity contribution < 1.29 is 9.53 Å². The van der Waals surface area contributed by atoms with Gasteiger partial charge >= 0.3 is 0 Å². The Bertz CT molecular complexity index is 943. The van der Waals surface area contributed by atoms with Crippen molar-refractivity contribution in [3.63, 3.8) is 0 Å². The van der Waals surface area contributed by atoms with Gasteiger partial charge in [-0.2, -0.15) is 5.10 Å². The van der Waals surface area contributed by atoms with Crippen LogP contribution in [0, 0.1) is 0 Å². The van der Waals surface area contributed by atoms with Crippen LogP contribution in [-0.2, 0) is 17.8 Å². The van der Waals surface area contributed by atoms with E-state index in [4.69, 9.17) is 4.74 Å². The van der Waals surface area contributed by atoms with E-state index >= 15 is 0 Å². The summed E-state index contributed by atoms with van der Waals surface area (Å²) in [5.74, 6) is 0.754. The third-order valence-electron chi connectivity index (χ3n) is 5.28. The van der Waals surface area contributed by atoms with Gasteiger partial charge in [-0.15, -0.1) is 0 Å². The summed E-state index contributed by atoms with van der Waals surface area (Å²) in [6.07, 6.45) is 4.81. The van der Waals surface area contributed by atoms with Crippen LogP contribution in [0.1, 0.15) is 18.4 Å². The van der Waals surface area contributed by atoms with Gasteiger partial charge in [0.05, 0.1) is 31.8 Å². The molecular weight excluding hydrogens is 352 g/mol. The molecule has 2 aromatic carbocycles. The number of aromatic nitrogens is 2. The Morgan fingerprint density at radius 1 is 1.11 bits per heavy atom. The number of hydrogen-bond donors (Lipinski definition) is 1. The van der Waals surface area contributed by atoms with Gasteiger partial charge in [0.2, 0.25) is 5.91 Å². The molecule has 4 rings (SSSR count). The second kappa shape index (κ2) is 8.44. The van der Waals surface area contributed by atoms with E-state index < -0.39 is 0 Å². The Kier molecular flexibility index (Phi) is 5.58. The molecule has 6 nitrogen and oxygen atoms in total. The summed E-state index contributed by atoms with van der Waals surface area (Å²) in [6.45, 7) is 4.26. The van der Waals surface area contributed by atoms with Crippen molar-refractivity contribution in [3.05, 3.63) is 54.2 Å². The highest BCUT2D eigenvalue weighted by molar-refractivity contribution is 5.94. The summed E-state index contributed by atoms with van der Waals surface area (Å²) in [7, 11) is 1.63. The molecule has 1 aliphatic rings. The Hall–Kier alpha value is -2.86. The maximum absolute atomic E-state index is 12.4. The molecule has 3 aromatic rings. The fraction of sp³-hybridized carbons (Fsp3) is 0.364. The van der Waals surface area contributed by atoms with E-state index in [9.17, 15) is 4.79 Å². The lowest BCUT2D eigenvalue weighted by Crippen LogP contribution is -2.24. The van der Waals surface area contributed by atoms with Crippen LogP contribution in [0.5, 0.6) is 5.75 Å². The van der Waals surface area contributed by atoms with E-state index in [1.54, 1.807) is 7.11 Å². The normalized spacial score (nSPS) is 14.5. The number of ether oxygens (including phenoxy) is 1. The number of likely N-dealkylation sites (tertiary alicyclic amines) is 1. The molecule has 0 spiro atoms. The maximum atomic E-state index is 12.4. The fourth-order valence-electron chi connectivity index (χ4n) is 3.70. The van der Waals surface area contributed by atoms with Gasteiger partial charge in [0.25, 0.3) is 0 Å². The van der Waals surface area contributed by atoms with Crippen molar-refractivity contribution in [3.8, 4) is 5.75 Å². The lowest BCUT2D eigenvalue weighted by molar-refractivity contribution is -0.115. The van der Waals surface area contributed by atoms with Crippen molar-refractivity contribution in [2.24, 2.45) is 0 Å². The number of carbonyl (C=O) groups excluding carboxylic acids is 1. The number of nitrogens with one attached hydrogen (secondary N) is 1. The number of hydrogen-bond acceptors (Lipinski definition) is 4. The van der Waals surface area contributed by atoms with Crippen molar-refractivity contribution in [2.75, 3.05) is 32.1 Å². The average molecular weight is 378 g/mol. The maximum Gasteiger partial charge on any atom is 0.228 e. The zero-order chi connectivity index (χ0) is 19.3. The van der Waals surface area contributed by atoms with E-state index in [1.807, 2.05) is 53.3 Å². The molecule has 0 unspecified atom stereocenters. The Balaban J connectivity index is 1.41. The molecule has 146 valence electrons. The number of carbonyl (C=O) groups is 1. The highest BCUT2D eigenvalue weighted by Crippen LogP contribution is 2.20. The highest BCUT2D eigenvalue weighted by Gasteiger charge is 2.12. The molecule has 0 radical (unpaired) electrons. The van der Waals surface area contributed by atoms with E-state index in [-0.39, 0.29) is 5.91 Å².